The number of nitrogens with one attached hydrogen (secondary N) is 2. The Kier molecular flexibility index (Phi) is 7.13. The van der Waals surface area contributed by atoms with Gasteiger partial charge in [0.1, 0.15) is 0 Å². The Morgan fingerprint density at radius 2 is 1.65 bits per heavy atom. The van der Waals surface area contributed by atoms with Gasteiger partial charge in [0.05, 0.1) is 17.3 Å². The van der Waals surface area contributed by atoms with Gasteiger partial charge in [0, 0.05) is 18.4 Å². The van der Waals surface area contributed by atoms with Crippen molar-refractivity contribution < 1.29 is 14.1 Å². The van der Waals surface area contributed by atoms with E-state index in [1.54, 1.807) is 24.3 Å². The van der Waals surface area contributed by atoms with E-state index in [0.29, 0.717) is 29.4 Å². The van der Waals surface area contributed by atoms with Gasteiger partial charge >= 0.3 is 0 Å². The molecule has 1 atom stereocenters. The summed E-state index contributed by atoms with van der Waals surface area (Å²) in [6.45, 7) is 3.93. The highest BCUT2D eigenvalue weighted by Gasteiger charge is 2.17. The summed E-state index contributed by atoms with van der Waals surface area (Å²) >= 11 is 0. The van der Waals surface area contributed by atoms with Crippen LogP contribution in [0.4, 0.5) is 5.69 Å². The first-order valence-corrected chi connectivity index (χ1v) is 11.1. The average molecular weight is 455 g/mol. The van der Waals surface area contributed by atoms with Crippen LogP contribution in [0, 0.1) is 6.92 Å². The number of carbonyl (C=O) groups excluding carboxylic acids is 2. The molecule has 7 nitrogen and oxygen atoms in total. The van der Waals surface area contributed by atoms with E-state index in [1.807, 2.05) is 68.4 Å². The smallest absolute Gasteiger partial charge is 0.253 e. The number of carbonyl (C=O) groups is 2. The van der Waals surface area contributed by atoms with E-state index < -0.39 is 0 Å². The third-order valence-electron chi connectivity index (χ3n) is 5.44. The summed E-state index contributed by atoms with van der Waals surface area (Å²) in [6, 6.07) is 24.3. The molecule has 0 aliphatic heterocycles. The van der Waals surface area contributed by atoms with Crippen LogP contribution in [-0.4, -0.2) is 22.0 Å². The maximum absolute atomic E-state index is 12.9. The number of hydrogen-bond donors (Lipinski definition) is 2. The molecule has 4 aromatic rings. The molecular formula is C27H26N4O3. The highest BCUT2D eigenvalue weighted by atomic mass is 16.5. The van der Waals surface area contributed by atoms with Gasteiger partial charge in [-0.2, -0.15) is 4.98 Å². The Bertz CT molecular complexity index is 1270. The molecule has 0 aliphatic carbocycles. The van der Waals surface area contributed by atoms with E-state index in [2.05, 4.69) is 20.8 Å². The first kappa shape index (κ1) is 22.9. The lowest BCUT2D eigenvalue weighted by molar-refractivity contribution is -0.116. The lowest BCUT2D eigenvalue weighted by Gasteiger charge is -2.16. The van der Waals surface area contributed by atoms with E-state index in [-0.39, 0.29) is 24.3 Å². The summed E-state index contributed by atoms with van der Waals surface area (Å²) in [4.78, 5) is 29.8. The van der Waals surface area contributed by atoms with Crippen LogP contribution in [0.2, 0.25) is 0 Å². The minimum atomic E-state index is -0.258. The monoisotopic (exact) mass is 454 g/mol. The Balaban J connectivity index is 1.36. The van der Waals surface area contributed by atoms with E-state index in [9.17, 15) is 9.59 Å². The maximum atomic E-state index is 12.9. The third kappa shape index (κ3) is 5.75. The Labute approximate surface area is 198 Å². The number of amides is 2. The molecule has 2 amide bonds. The van der Waals surface area contributed by atoms with Crippen molar-refractivity contribution in [3.8, 4) is 11.4 Å². The molecule has 0 aliphatic rings. The van der Waals surface area contributed by atoms with Crippen molar-refractivity contribution in [2.24, 2.45) is 0 Å². The van der Waals surface area contributed by atoms with E-state index in [0.717, 1.165) is 16.7 Å². The summed E-state index contributed by atoms with van der Waals surface area (Å²) in [7, 11) is 0. The van der Waals surface area contributed by atoms with Crippen molar-refractivity contribution in [3.63, 3.8) is 0 Å². The molecule has 1 unspecified atom stereocenters. The van der Waals surface area contributed by atoms with Crippen LogP contribution >= 0.6 is 0 Å². The van der Waals surface area contributed by atoms with Crippen LogP contribution in [0.25, 0.3) is 11.4 Å². The molecule has 4 rings (SSSR count). The van der Waals surface area contributed by atoms with Crippen molar-refractivity contribution in [1.29, 1.82) is 0 Å². The Morgan fingerprint density at radius 1 is 0.941 bits per heavy atom. The summed E-state index contributed by atoms with van der Waals surface area (Å²) in [6.07, 6.45) is 0.440. The first-order valence-electron chi connectivity index (χ1n) is 11.1. The molecule has 0 saturated heterocycles. The zero-order valence-corrected chi connectivity index (χ0v) is 19.1. The predicted octanol–water partition coefficient (Wildman–Crippen LogP) is 5.11. The number of rotatable bonds is 8. The maximum Gasteiger partial charge on any atom is 0.253 e. The quantitative estimate of drug-likeness (QED) is 0.386. The van der Waals surface area contributed by atoms with Gasteiger partial charge in [0.15, 0.2) is 0 Å². The predicted molar refractivity (Wildman–Crippen MR) is 130 cm³/mol. The van der Waals surface area contributed by atoms with Crippen LogP contribution < -0.4 is 10.6 Å². The van der Waals surface area contributed by atoms with Gasteiger partial charge in [-0.25, -0.2) is 0 Å². The zero-order valence-electron chi connectivity index (χ0n) is 19.1. The van der Waals surface area contributed by atoms with Gasteiger partial charge in [0.25, 0.3) is 5.91 Å². The van der Waals surface area contributed by atoms with Crippen LogP contribution in [0.15, 0.2) is 83.4 Å². The zero-order chi connectivity index (χ0) is 23.9. The van der Waals surface area contributed by atoms with E-state index in [1.165, 1.54) is 0 Å². The second-order valence-corrected chi connectivity index (χ2v) is 8.08. The molecular weight excluding hydrogens is 428 g/mol. The summed E-state index contributed by atoms with van der Waals surface area (Å²) in [5, 5.41) is 9.81. The van der Waals surface area contributed by atoms with Crippen molar-refractivity contribution in [1.82, 2.24) is 15.5 Å². The molecule has 34 heavy (non-hydrogen) atoms. The fourth-order valence-corrected chi connectivity index (χ4v) is 3.50. The second kappa shape index (κ2) is 10.6. The van der Waals surface area contributed by atoms with Crippen LogP contribution in [0.1, 0.15) is 46.8 Å². The molecule has 0 fully saturated rings. The number of aryl methyl sites for hydroxylation is 2. The molecule has 0 saturated carbocycles. The number of benzene rings is 3. The fourth-order valence-electron chi connectivity index (χ4n) is 3.50. The molecule has 1 heterocycles. The topological polar surface area (TPSA) is 97.1 Å². The van der Waals surface area contributed by atoms with Gasteiger partial charge in [-0.3, -0.25) is 9.59 Å². The summed E-state index contributed by atoms with van der Waals surface area (Å²) in [5.41, 5.74) is 3.86. The fraction of sp³-hybridized carbons (Fsp3) is 0.185. The number of hydrogen-bond acceptors (Lipinski definition) is 5. The SMILES string of the molecule is Cc1ccc(-c2noc(CCC(=O)Nc3ccccc3C(=O)NC(C)c3ccccc3)n2)cc1. The third-order valence-corrected chi connectivity index (χ3v) is 5.44. The van der Waals surface area contributed by atoms with Gasteiger partial charge in [-0.05, 0) is 31.5 Å². The number of para-hydroxylation sites is 1. The van der Waals surface area contributed by atoms with E-state index >= 15 is 0 Å². The lowest BCUT2D eigenvalue weighted by atomic mass is 10.1. The minimum absolute atomic E-state index is 0.145. The van der Waals surface area contributed by atoms with Crippen molar-refractivity contribution in [3.05, 3.63) is 101 Å². The number of nitrogens with zero attached hydrogens (tertiary/aromatic N) is 2. The van der Waals surface area contributed by atoms with Gasteiger partial charge in [0.2, 0.25) is 17.6 Å². The molecule has 1 aromatic heterocycles. The molecule has 0 bridgehead atoms. The Morgan fingerprint density at radius 3 is 2.41 bits per heavy atom. The van der Waals surface area contributed by atoms with Crippen LogP contribution in [0.3, 0.4) is 0 Å². The molecule has 2 N–H and O–H groups in total. The largest absolute Gasteiger partial charge is 0.345 e. The molecule has 0 radical (unpaired) electrons. The van der Waals surface area contributed by atoms with Crippen molar-refractivity contribution in [2.45, 2.75) is 32.7 Å². The van der Waals surface area contributed by atoms with Crippen LogP contribution in [0.5, 0.6) is 0 Å². The average Bonchev–Trinajstić information content (AvgIpc) is 3.33. The molecule has 0 spiro atoms. The Hall–Kier alpha value is -4.26. The summed E-state index contributed by atoms with van der Waals surface area (Å²) in [5.74, 6) is 0.372. The summed E-state index contributed by atoms with van der Waals surface area (Å²) < 4.78 is 5.29. The van der Waals surface area contributed by atoms with Crippen molar-refractivity contribution in [2.75, 3.05) is 5.32 Å². The van der Waals surface area contributed by atoms with Gasteiger partial charge in [-0.1, -0.05) is 77.5 Å². The van der Waals surface area contributed by atoms with Crippen molar-refractivity contribution >= 4 is 17.5 Å². The number of anilines is 1. The number of aromatic nitrogens is 2. The van der Waals surface area contributed by atoms with Gasteiger partial charge < -0.3 is 15.2 Å². The molecule has 3 aromatic carbocycles. The van der Waals surface area contributed by atoms with Gasteiger partial charge in [-0.15, -0.1) is 0 Å². The molecule has 172 valence electrons. The molecule has 7 heteroatoms. The highest BCUT2D eigenvalue weighted by molar-refractivity contribution is 6.03. The van der Waals surface area contributed by atoms with E-state index in [4.69, 9.17) is 4.52 Å². The standard InChI is InChI=1S/C27H26N4O3/c1-18-12-14-21(15-13-18)26-30-25(34-31-26)17-16-24(32)29-23-11-7-6-10-22(23)27(33)28-19(2)20-8-4-3-5-9-20/h3-15,19H,16-17H2,1-2H3,(H,28,33)(H,29,32). The minimum Gasteiger partial charge on any atom is -0.345 e. The van der Waals surface area contributed by atoms with Crippen LogP contribution in [-0.2, 0) is 11.2 Å². The lowest BCUT2D eigenvalue weighted by Crippen LogP contribution is -2.28. The highest BCUT2D eigenvalue weighted by Crippen LogP contribution is 2.19. The second-order valence-electron chi connectivity index (χ2n) is 8.08. The first-order chi connectivity index (χ1) is 16.5. The normalized spacial score (nSPS) is 11.6.